The minimum absolute atomic E-state index is 0.111. The normalized spacial score (nSPS) is 16.3. The summed E-state index contributed by atoms with van der Waals surface area (Å²) in [4.78, 5) is 29.5. The average Bonchev–Trinajstić information content (AvgIpc) is 3.18. The SMILES string of the molecule is COc1ccc2cc(C[C@H](N=[N+]=[N-])C(=O)N3C(=O)OC[C@@H]3Cc3ccccc3)ccc2c1. The van der Waals surface area contributed by atoms with Crippen LogP contribution in [0.15, 0.2) is 71.8 Å². The Kier molecular flexibility index (Phi) is 6.24. The van der Waals surface area contributed by atoms with E-state index in [2.05, 4.69) is 10.0 Å². The summed E-state index contributed by atoms with van der Waals surface area (Å²) in [6, 6.07) is 19.5. The molecule has 162 valence electrons. The number of rotatable bonds is 7. The van der Waals surface area contributed by atoms with E-state index in [0.717, 1.165) is 32.5 Å². The van der Waals surface area contributed by atoms with Gasteiger partial charge in [-0.2, -0.15) is 0 Å². The van der Waals surface area contributed by atoms with E-state index in [4.69, 9.17) is 15.0 Å². The van der Waals surface area contributed by atoms with Gasteiger partial charge in [-0.25, -0.2) is 9.69 Å². The molecular weight excluding hydrogens is 408 g/mol. The molecule has 1 saturated heterocycles. The molecule has 32 heavy (non-hydrogen) atoms. The molecule has 2 atom stereocenters. The molecule has 0 bridgehead atoms. The van der Waals surface area contributed by atoms with Gasteiger partial charge in [0.1, 0.15) is 18.4 Å². The van der Waals surface area contributed by atoms with E-state index in [9.17, 15) is 9.59 Å². The van der Waals surface area contributed by atoms with Crippen molar-refractivity contribution in [1.29, 1.82) is 0 Å². The van der Waals surface area contributed by atoms with Crippen molar-refractivity contribution < 1.29 is 19.1 Å². The number of carbonyl (C=O) groups excluding carboxylic acids is 2. The van der Waals surface area contributed by atoms with Crippen LogP contribution >= 0.6 is 0 Å². The smallest absolute Gasteiger partial charge is 0.416 e. The Morgan fingerprint density at radius 3 is 2.66 bits per heavy atom. The van der Waals surface area contributed by atoms with Gasteiger partial charge in [0.05, 0.1) is 13.2 Å². The highest BCUT2D eigenvalue weighted by molar-refractivity contribution is 5.96. The Labute approximate surface area is 185 Å². The van der Waals surface area contributed by atoms with E-state index < -0.39 is 24.1 Å². The van der Waals surface area contributed by atoms with Crippen LogP contribution in [0.1, 0.15) is 11.1 Å². The van der Waals surface area contributed by atoms with Crippen LogP contribution < -0.4 is 4.74 Å². The van der Waals surface area contributed by atoms with Gasteiger partial charge >= 0.3 is 6.09 Å². The first kappa shape index (κ1) is 21.2. The predicted octanol–water partition coefficient (Wildman–Crippen LogP) is 4.66. The number of cyclic esters (lactones) is 1. The van der Waals surface area contributed by atoms with E-state index >= 15 is 0 Å². The van der Waals surface area contributed by atoms with Gasteiger partial charge in [-0.15, -0.1) is 0 Å². The van der Waals surface area contributed by atoms with Gasteiger partial charge in [0.25, 0.3) is 0 Å². The fraction of sp³-hybridized carbons (Fsp3) is 0.250. The molecule has 0 aliphatic carbocycles. The van der Waals surface area contributed by atoms with E-state index in [-0.39, 0.29) is 13.0 Å². The minimum Gasteiger partial charge on any atom is -0.497 e. The van der Waals surface area contributed by atoms with Crippen molar-refractivity contribution >= 4 is 22.8 Å². The summed E-state index contributed by atoms with van der Waals surface area (Å²) in [5.41, 5.74) is 10.9. The van der Waals surface area contributed by atoms with E-state index in [0.29, 0.717) is 6.42 Å². The Morgan fingerprint density at radius 1 is 1.16 bits per heavy atom. The average molecular weight is 430 g/mol. The second-order valence-corrected chi connectivity index (χ2v) is 7.60. The predicted molar refractivity (Wildman–Crippen MR) is 119 cm³/mol. The zero-order valence-corrected chi connectivity index (χ0v) is 17.5. The summed E-state index contributed by atoms with van der Waals surface area (Å²) < 4.78 is 10.4. The quantitative estimate of drug-likeness (QED) is 0.309. The fourth-order valence-electron chi connectivity index (χ4n) is 3.92. The first-order chi connectivity index (χ1) is 15.6. The summed E-state index contributed by atoms with van der Waals surface area (Å²) in [7, 11) is 1.61. The maximum atomic E-state index is 13.2. The second kappa shape index (κ2) is 9.41. The van der Waals surface area contributed by atoms with Crippen LogP contribution in [0.4, 0.5) is 4.79 Å². The van der Waals surface area contributed by atoms with Crippen molar-refractivity contribution in [1.82, 2.24) is 4.90 Å². The number of fused-ring (bicyclic) bond motifs is 1. The summed E-state index contributed by atoms with van der Waals surface area (Å²) in [6.45, 7) is 0.111. The largest absolute Gasteiger partial charge is 0.497 e. The number of hydrogen-bond donors (Lipinski definition) is 0. The van der Waals surface area contributed by atoms with Crippen molar-refractivity contribution in [2.45, 2.75) is 24.9 Å². The number of ether oxygens (including phenoxy) is 2. The number of carbonyl (C=O) groups is 2. The lowest BCUT2D eigenvalue weighted by atomic mass is 10.00. The number of azide groups is 1. The number of amides is 2. The van der Waals surface area contributed by atoms with Gasteiger partial charge in [-0.1, -0.05) is 59.7 Å². The molecule has 0 N–H and O–H groups in total. The highest BCUT2D eigenvalue weighted by Gasteiger charge is 2.40. The summed E-state index contributed by atoms with van der Waals surface area (Å²) in [5.74, 6) is 0.199. The Bertz CT molecular complexity index is 1190. The Morgan fingerprint density at radius 2 is 1.91 bits per heavy atom. The van der Waals surface area contributed by atoms with E-state index in [1.807, 2.05) is 66.7 Å². The van der Waals surface area contributed by atoms with Crippen LogP contribution in [0, 0.1) is 0 Å². The summed E-state index contributed by atoms with van der Waals surface area (Å²) >= 11 is 0. The van der Waals surface area contributed by atoms with Crippen LogP contribution in [-0.2, 0) is 22.4 Å². The third kappa shape index (κ3) is 4.50. The highest BCUT2D eigenvalue weighted by Crippen LogP contribution is 2.24. The molecule has 1 fully saturated rings. The fourth-order valence-corrected chi connectivity index (χ4v) is 3.92. The first-order valence-electron chi connectivity index (χ1n) is 10.2. The van der Waals surface area contributed by atoms with Gasteiger partial charge in [-0.05, 0) is 52.4 Å². The molecule has 3 aromatic carbocycles. The van der Waals surface area contributed by atoms with Crippen LogP contribution in [0.2, 0.25) is 0 Å². The molecule has 4 rings (SSSR count). The number of nitrogens with zero attached hydrogens (tertiary/aromatic N) is 4. The molecule has 0 aromatic heterocycles. The maximum absolute atomic E-state index is 13.2. The zero-order valence-electron chi connectivity index (χ0n) is 17.5. The Hall–Kier alpha value is -4.03. The summed E-state index contributed by atoms with van der Waals surface area (Å²) in [5, 5.41) is 5.67. The molecule has 8 nitrogen and oxygen atoms in total. The van der Waals surface area contributed by atoms with Crippen molar-refractivity contribution in [3.05, 3.63) is 88.3 Å². The van der Waals surface area contributed by atoms with Gasteiger partial charge < -0.3 is 9.47 Å². The van der Waals surface area contributed by atoms with Crippen molar-refractivity contribution in [2.75, 3.05) is 13.7 Å². The summed E-state index contributed by atoms with van der Waals surface area (Å²) in [6.07, 6.45) is -0.0640. The number of benzene rings is 3. The molecule has 0 radical (unpaired) electrons. The lowest BCUT2D eigenvalue weighted by Crippen LogP contribution is -2.45. The molecule has 3 aromatic rings. The molecular formula is C24H22N4O4. The lowest BCUT2D eigenvalue weighted by molar-refractivity contribution is -0.130. The lowest BCUT2D eigenvalue weighted by Gasteiger charge is -2.23. The number of hydrogen-bond acceptors (Lipinski definition) is 5. The van der Waals surface area contributed by atoms with E-state index in [1.54, 1.807) is 7.11 Å². The van der Waals surface area contributed by atoms with Crippen molar-refractivity contribution in [3.63, 3.8) is 0 Å². The molecule has 8 heteroatoms. The molecule has 1 aliphatic rings. The molecule has 0 unspecified atom stereocenters. The van der Waals surface area contributed by atoms with Gasteiger partial charge in [0.2, 0.25) is 5.91 Å². The highest BCUT2D eigenvalue weighted by atomic mass is 16.6. The molecule has 1 aliphatic heterocycles. The van der Waals surface area contributed by atoms with Crippen LogP contribution in [0.25, 0.3) is 21.2 Å². The van der Waals surface area contributed by atoms with Gasteiger partial charge in [0, 0.05) is 4.91 Å². The molecule has 0 saturated carbocycles. The number of methoxy groups -OCH3 is 1. The monoisotopic (exact) mass is 430 g/mol. The van der Waals surface area contributed by atoms with Crippen molar-refractivity contribution in [3.8, 4) is 5.75 Å². The van der Waals surface area contributed by atoms with Crippen LogP contribution in [0.3, 0.4) is 0 Å². The van der Waals surface area contributed by atoms with Crippen molar-refractivity contribution in [2.24, 2.45) is 5.11 Å². The van der Waals surface area contributed by atoms with Gasteiger partial charge in [-0.3, -0.25) is 4.79 Å². The standard InChI is InChI=1S/C24H22N4O4/c1-31-21-10-9-18-11-17(7-8-19(18)14-21)13-22(26-27-25)23(29)28-20(15-32-24(28)30)12-16-5-3-2-4-6-16/h2-11,14,20,22H,12-13,15H2,1H3/t20-,22-/m0/s1. The zero-order chi connectivity index (χ0) is 22.5. The first-order valence-corrected chi connectivity index (χ1v) is 10.2. The molecule has 2 amide bonds. The second-order valence-electron chi connectivity index (χ2n) is 7.60. The third-order valence-electron chi connectivity index (χ3n) is 5.53. The number of imide groups is 1. The van der Waals surface area contributed by atoms with Gasteiger partial charge in [0.15, 0.2) is 0 Å². The molecule has 1 heterocycles. The minimum atomic E-state index is -1.06. The topological polar surface area (TPSA) is 105 Å². The van der Waals surface area contributed by atoms with Crippen LogP contribution in [-0.4, -0.2) is 42.7 Å². The maximum Gasteiger partial charge on any atom is 0.416 e. The molecule has 0 spiro atoms. The Balaban J connectivity index is 1.56. The third-order valence-corrected chi connectivity index (χ3v) is 5.53. The van der Waals surface area contributed by atoms with Crippen LogP contribution in [0.5, 0.6) is 5.75 Å². The van der Waals surface area contributed by atoms with E-state index in [1.165, 1.54) is 0 Å².